The Morgan fingerprint density at radius 3 is 2.52 bits per heavy atom. The molecule has 1 amide bonds. The zero-order valence-electron chi connectivity index (χ0n) is 12.0. The van der Waals surface area contributed by atoms with Gasteiger partial charge in [-0.3, -0.25) is 4.79 Å². The highest BCUT2D eigenvalue weighted by Gasteiger charge is 2.26. The molecule has 5 nitrogen and oxygen atoms in total. The fourth-order valence-electron chi connectivity index (χ4n) is 2.34. The van der Waals surface area contributed by atoms with Crippen molar-refractivity contribution in [3.8, 4) is 5.75 Å². The molecule has 1 unspecified atom stereocenters. The van der Waals surface area contributed by atoms with Crippen molar-refractivity contribution in [1.29, 1.82) is 0 Å². The van der Waals surface area contributed by atoms with Gasteiger partial charge in [0.25, 0.3) is 15.0 Å². The topological polar surface area (TPSA) is 63.7 Å². The standard InChI is InChI=1S/C14H18ClNO4S/c1-10-5-6-12(13(9-10)21(15,18)19)20-11(2)14(17)16-7-3-4-8-16/h5-6,9,11H,3-4,7-8H2,1-2H3. The number of carbonyl (C=O) groups is 1. The van der Waals surface area contributed by atoms with E-state index in [0.29, 0.717) is 0 Å². The van der Waals surface area contributed by atoms with Crippen LogP contribution in [-0.2, 0) is 13.8 Å². The highest BCUT2D eigenvalue weighted by molar-refractivity contribution is 8.13. The third kappa shape index (κ3) is 3.89. The van der Waals surface area contributed by atoms with E-state index < -0.39 is 15.2 Å². The summed E-state index contributed by atoms with van der Waals surface area (Å²) < 4.78 is 28.8. The molecule has 0 bridgehead atoms. The molecule has 7 heteroatoms. The van der Waals surface area contributed by atoms with Crippen molar-refractivity contribution in [2.75, 3.05) is 13.1 Å². The van der Waals surface area contributed by atoms with Crippen LogP contribution in [0.4, 0.5) is 0 Å². The molecular weight excluding hydrogens is 314 g/mol. The maximum Gasteiger partial charge on any atom is 0.264 e. The average molecular weight is 332 g/mol. The number of rotatable bonds is 4. The molecule has 0 radical (unpaired) electrons. The van der Waals surface area contributed by atoms with Gasteiger partial charge < -0.3 is 9.64 Å². The Balaban J connectivity index is 2.21. The molecule has 1 aromatic rings. The van der Waals surface area contributed by atoms with Crippen LogP contribution in [0.3, 0.4) is 0 Å². The molecule has 1 fully saturated rings. The van der Waals surface area contributed by atoms with E-state index in [-0.39, 0.29) is 16.6 Å². The summed E-state index contributed by atoms with van der Waals surface area (Å²) >= 11 is 0. The SMILES string of the molecule is Cc1ccc(OC(C)C(=O)N2CCCC2)c(S(=O)(=O)Cl)c1. The number of hydrogen-bond acceptors (Lipinski definition) is 4. The number of benzene rings is 1. The van der Waals surface area contributed by atoms with Crippen LogP contribution in [0.5, 0.6) is 5.75 Å². The van der Waals surface area contributed by atoms with E-state index in [9.17, 15) is 13.2 Å². The Kier molecular flexibility index (Phi) is 4.78. The van der Waals surface area contributed by atoms with Crippen LogP contribution in [0.2, 0.25) is 0 Å². The summed E-state index contributed by atoms with van der Waals surface area (Å²) in [5.74, 6) is -0.0263. The van der Waals surface area contributed by atoms with Crippen LogP contribution in [0.15, 0.2) is 23.1 Å². The second-order valence-corrected chi connectivity index (χ2v) is 7.71. The fraction of sp³-hybridized carbons (Fsp3) is 0.500. The summed E-state index contributed by atoms with van der Waals surface area (Å²) in [6, 6.07) is 4.68. The van der Waals surface area contributed by atoms with Gasteiger partial charge in [0, 0.05) is 23.8 Å². The van der Waals surface area contributed by atoms with Gasteiger partial charge in [0.05, 0.1) is 0 Å². The Morgan fingerprint density at radius 2 is 1.95 bits per heavy atom. The summed E-state index contributed by atoms with van der Waals surface area (Å²) in [5, 5.41) is 0. The van der Waals surface area contributed by atoms with Gasteiger partial charge in [0.1, 0.15) is 10.6 Å². The van der Waals surface area contributed by atoms with E-state index in [2.05, 4.69) is 0 Å². The lowest BCUT2D eigenvalue weighted by atomic mass is 10.2. The van der Waals surface area contributed by atoms with E-state index in [1.54, 1.807) is 24.8 Å². The average Bonchev–Trinajstić information content (AvgIpc) is 2.92. The molecule has 0 aliphatic carbocycles. The van der Waals surface area contributed by atoms with Crippen molar-refractivity contribution in [3.63, 3.8) is 0 Å². The second-order valence-electron chi connectivity index (χ2n) is 5.18. The zero-order valence-corrected chi connectivity index (χ0v) is 13.6. The van der Waals surface area contributed by atoms with E-state index in [1.807, 2.05) is 0 Å². The summed E-state index contributed by atoms with van der Waals surface area (Å²) in [5.41, 5.74) is 0.750. The molecule has 1 heterocycles. The number of carbonyl (C=O) groups excluding carboxylic acids is 1. The second kappa shape index (κ2) is 6.23. The number of nitrogens with zero attached hydrogens (tertiary/aromatic N) is 1. The van der Waals surface area contributed by atoms with Crippen molar-refractivity contribution in [3.05, 3.63) is 23.8 Å². The van der Waals surface area contributed by atoms with Gasteiger partial charge in [0.15, 0.2) is 6.10 Å². The van der Waals surface area contributed by atoms with Crippen LogP contribution in [0.25, 0.3) is 0 Å². The number of likely N-dealkylation sites (tertiary alicyclic amines) is 1. The summed E-state index contributed by atoms with van der Waals surface area (Å²) in [6.45, 7) is 4.82. The van der Waals surface area contributed by atoms with E-state index in [0.717, 1.165) is 31.5 Å². The van der Waals surface area contributed by atoms with Gasteiger partial charge in [-0.2, -0.15) is 0 Å². The Morgan fingerprint density at radius 1 is 1.33 bits per heavy atom. The molecule has 1 saturated heterocycles. The van der Waals surface area contributed by atoms with Crippen LogP contribution < -0.4 is 4.74 Å². The smallest absolute Gasteiger partial charge is 0.264 e. The van der Waals surface area contributed by atoms with Gasteiger partial charge in [-0.05, 0) is 44.4 Å². The number of aryl methyl sites for hydroxylation is 1. The van der Waals surface area contributed by atoms with Gasteiger partial charge in [-0.15, -0.1) is 0 Å². The van der Waals surface area contributed by atoms with E-state index in [1.165, 1.54) is 12.1 Å². The molecule has 0 spiro atoms. The monoisotopic (exact) mass is 331 g/mol. The van der Waals surface area contributed by atoms with Crippen LogP contribution in [-0.4, -0.2) is 38.4 Å². The molecule has 1 aliphatic rings. The van der Waals surface area contributed by atoms with Crippen molar-refractivity contribution >= 4 is 25.6 Å². The number of amides is 1. The predicted molar refractivity (Wildman–Crippen MR) is 80.1 cm³/mol. The minimum atomic E-state index is -3.92. The van der Waals surface area contributed by atoms with Crippen LogP contribution >= 0.6 is 10.7 Å². The normalized spacial score (nSPS) is 16.8. The Labute approximate surface area is 129 Å². The highest BCUT2D eigenvalue weighted by atomic mass is 35.7. The number of halogens is 1. The van der Waals surface area contributed by atoms with Gasteiger partial charge in [0.2, 0.25) is 0 Å². The quantitative estimate of drug-likeness (QED) is 0.794. The molecule has 21 heavy (non-hydrogen) atoms. The fourth-order valence-corrected chi connectivity index (χ4v) is 3.38. The molecular formula is C14H18ClNO4S. The van der Waals surface area contributed by atoms with Crippen molar-refractivity contribution < 1.29 is 17.9 Å². The molecule has 1 aliphatic heterocycles. The maximum atomic E-state index is 12.2. The zero-order chi connectivity index (χ0) is 15.6. The van der Waals surface area contributed by atoms with Gasteiger partial charge in [-0.1, -0.05) is 6.07 Å². The van der Waals surface area contributed by atoms with Gasteiger partial charge >= 0.3 is 0 Å². The largest absolute Gasteiger partial charge is 0.479 e. The first-order valence-electron chi connectivity index (χ1n) is 6.80. The first-order chi connectivity index (χ1) is 9.79. The van der Waals surface area contributed by atoms with Crippen molar-refractivity contribution in [2.24, 2.45) is 0 Å². The molecule has 0 N–H and O–H groups in total. The lowest BCUT2D eigenvalue weighted by Gasteiger charge is -2.22. The molecule has 0 saturated carbocycles. The van der Waals surface area contributed by atoms with Crippen LogP contribution in [0, 0.1) is 6.92 Å². The molecule has 116 valence electrons. The minimum Gasteiger partial charge on any atom is -0.479 e. The summed E-state index contributed by atoms with van der Waals surface area (Å²) in [7, 11) is 1.50. The predicted octanol–water partition coefficient (Wildman–Crippen LogP) is 2.31. The van der Waals surface area contributed by atoms with E-state index >= 15 is 0 Å². The lowest BCUT2D eigenvalue weighted by Crippen LogP contribution is -2.38. The van der Waals surface area contributed by atoms with Gasteiger partial charge in [-0.25, -0.2) is 8.42 Å². The van der Waals surface area contributed by atoms with Crippen molar-refractivity contribution in [2.45, 2.75) is 37.7 Å². The first-order valence-corrected chi connectivity index (χ1v) is 9.11. The number of hydrogen-bond donors (Lipinski definition) is 0. The lowest BCUT2D eigenvalue weighted by molar-refractivity contribution is -0.136. The first kappa shape index (κ1) is 16.1. The third-order valence-electron chi connectivity index (χ3n) is 3.43. The molecule has 0 aromatic heterocycles. The van der Waals surface area contributed by atoms with Crippen LogP contribution in [0.1, 0.15) is 25.3 Å². The summed E-state index contributed by atoms with van der Waals surface area (Å²) in [4.78, 5) is 13.8. The minimum absolute atomic E-state index is 0.106. The number of ether oxygens (including phenoxy) is 1. The third-order valence-corrected chi connectivity index (χ3v) is 4.77. The summed E-state index contributed by atoms with van der Waals surface area (Å²) in [6.07, 6.45) is 1.23. The molecule has 1 aromatic carbocycles. The molecule has 2 rings (SSSR count). The highest BCUT2D eigenvalue weighted by Crippen LogP contribution is 2.29. The maximum absolute atomic E-state index is 12.2. The Bertz CT molecular complexity index is 638. The van der Waals surface area contributed by atoms with Crippen molar-refractivity contribution in [1.82, 2.24) is 4.90 Å². The van der Waals surface area contributed by atoms with E-state index in [4.69, 9.17) is 15.4 Å². The Hall–Kier alpha value is -1.27. The molecule has 1 atom stereocenters.